The van der Waals surface area contributed by atoms with Crippen molar-refractivity contribution in [2.24, 2.45) is 5.92 Å². The van der Waals surface area contributed by atoms with Crippen LogP contribution in [0.2, 0.25) is 0 Å². The zero-order chi connectivity index (χ0) is 13.5. The number of hydrogen-bond acceptors (Lipinski definition) is 4. The Morgan fingerprint density at radius 2 is 2.16 bits per heavy atom. The highest BCUT2D eigenvalue weighted by atomic mass is 16.6. The number of nitrogens with one attached hydrogen (secondary N) is 1. The lowest BCUT2D eigenvalue weighted by Crippen LogP contribution is -2.53. The van der Waals surface area contributed by atoms with Crippen LogP contribution in [0.5, 0.6) is 0 Å². The van der Waals surface area contributed by atoms with Gasteiger partial charge in [-0.1, -0.05) is 6.42 Å². The van der Waals surface area contributed by atoms with Crippen molar-refractivity contribution < 1.29 is 9.66 Å². The SMILES string of the molecule is C[C@]12CCC[C@H]1COC(c1ccc([N+](=O)[O-])cc1)N2. The fourth-order valence-electron chi connectivity index (χ4n) is 3.20. The molecule has 3 atom stereocenters. The van der Waals surface area contributed by atoms with Gasteiger partial charge in [0.25, 0.3) is 5.69 Å². The van der Waals surface area contributed by atoms with Crippen LogP contribution < -0.4 is 5.32 Å². The summed E-state index contributed by atoms with van der Waals surface area (Å²) in [4.78, 5) is 10.3. The predicted molar refractivity (Wildman–Crippen MR) is 70.7 cm³/mol. The van der Waals surface area contributed by atoms with Crippen LogP contribution in [0.25, 0.3) is 0 Å². The molecular weight excluding hydrogens is 244 g/mol. The van der Waals surface area contributed by atoms with Crippen LogP contribution in [0.3, 0.4) is 0 Å². The minimum atomic E-state index is -0.382. The van der Waals surface area contributed by atoms with Crippen molar-refractivity contribution in [3.8, 4) is 0 Å². The van der Waals surface area contributed by atoms with Gasteiger partial charge in [-0.15, -0.1) is 0 Å². The molecule has 1 saturated carbocycles. The molecule has 1 aliphatic heterocycles. The van der Waals surface area contributed by atoms with E-state index in [1.807, 2.05) is 0 Å². The highest BCUT2D eigenvalue weighted by Crippen LogP contribution is 2.41. The van der Waals surface area contributed by atoms with E-state index in [2.05, 4.69) is 12.2 Å². The zero-order valence-corrected chi connectivity index (χ0v) is 11.0. The number of rotatable bonds is 2. The first-order valence-electron chi connectivity index (χ1n) is 6.72. The summed E-state index contributed by atoms with van der Waals surface area (Å²) in [5.41, 5.74) is 1.21. The maximum atomic E-state index is 10.6. The molecule has 0 spiro atoms. The third kappa shape index (κ3) is 2.24. The molecule has 0 bridgehead atoms. The summed E-state index contributed by atoms with van der Waals surface area (Å²) >= 11 is 0. The maximum Gasteiger partial charge on any atom is 0.269 e. The normalized spacial score (nSPS) is 33.9. The fourth-order valence-corrected chi connectivity index (χ4v) is 3.20. The van der Waals surface area contributed by atoms with Crippen molar-refractivity contribution >= 4 is 5.69 Å². The Kier molecular flexibility index (Phi) is 3.03. The number of hydrogen-bond donors (Lipinski definition) is 1. The lowest BCUT2D eigenvalue weighted by molar-refractivity contribution is -0.384. The zero-order valence-electron chi connectivity index (χ0n) is 11.0. The third-order valence-corrected chi connectivity index (χ3v) is 4.48. The first-order chi connectivity index (χ1) is 9.08. The molecule has 1 heterocycles. The number of nitro groups is 1. The van der Waals surface area contributed by atoms with Gasteiger partial charge < -0.3 is 4.74 Å². The Labute approximate surface area is 112 Å². The fraction of sp³-hybridized carbons (Fsp3) is 0.571. The minimum Gasteiger partial charge on any atom is -0.359 e. The lowest BCUT2D eigenvalue weighted by atomic mass is 9.87. The summed E-state index contributed by atoms with van der Waals surface area (Å²) in [5.74, 6) is 0.585. The quantitative estimate of drug-likeness (QED) is 0.657. The van der Waals surface area contributed by atoms with E-state index in [4.69, 9.17) is 4.74 Å². The second-order valence-corrected chi connectivity index (χ2v) is 5.71. The van der Waals surface area contributed by atoms with E-state index in [1.54, 1.807) is 12.1 Å². The number of fused-ring (bicyclic) bond motifs is 1. The summed E-state index contributed by atoms with van der Waals surface area (Å²) in [7, 11) is 0. The van der Waals surface area contributed by atoms with Gasteiger partial charge in [-0.25, -0.2) is 0 Å². The van der Waals surface area contributed by atoms with Crippen molar-refractivity contribution in [1.82, 2.24) is 5.32 Å². The maximum absolute atomic E-state index is 10.6. The van der Waals surface area contributed by atoms with Crippen molar-refractivity contribution in [2.75, 3.05) is 6.61 Å². The topological polar surface area (TPSA) is 64.4 Å². The minimum absolute atomic E-state index is 0.115. The molecular formula is C14H18N2O3. The van der Waals surface area contributed by atoms with E-state index in [0.717, 1.165) is 12.2 Å². The van der Waals surface area contributed by atoms with E-state index >= 15 is 0 Å². The molecule has 5 heteroatoms. The van der Waals surface area contributed by atoms with Crippen molar-refractivity contribution in [3.63, 3.8) is 0 Å². The van der Waals surface area contributed by atoms with Gasteiger partial charge in [0.05, 0.1) is 11.5 Å². The molecule has 1 N–H and O–H groups in total. The van der Waals surface area contributed by atoms with E-state index in [9.17, 15) is 10.1 Å². The van der Waals surface area contributed by atoms with E-state index < -0.39 is 0 Å². The Morgan fingerprint density at radius 3 is 2.84 bits per heavy atom. The molecule has 0 aromatic heterocycles. The van der Waals surface area contributed by atoms with Gasteiger partial charge in [-0.3, -0.25) is 15.4 Å². The second-order valence-electron chi connectivity index (χ2n) is 5.71. The molecule has 1 aromatic carbocycles. The van der Waals surface area contributed by atoms with E-state index in [-0.39, 0.29) is 22.4 Å². The van der Waals surface area contributed by atoms with Crippen LogP contribution in [-0.2, 0) is 4.74 Å². The van der Waals surface area contributed by atoms with Crippen LogP contribution >= 0.6 is 0 Å². The molecule has 1 saturated heterocycles. The number of nitro benzene ring substituents is 1. The molecule has 102 valence electrons. The van der Waals surface area contributed by atoms with Crippen LogP contribution in [-0.4, -0.2) is 17.1 Å². The van der Waals surface area contributed by atoms with Crippen LogP contribution in [0.4, 0.5) is 5.69 Å². The van der Waals surface area contributed by atoms with Gasteiger partial charge in [0.15, 0.2) is 0 Å². The van der Waals surface area contributed by atoms with Crippen molar-refractivity contribution in [2.45, 2.75) is 38.0 Å². The summed E-state index contributed by atoms with van der Waals surface area (Å²) in [6, 6.07) is 6.61. The number of ether oxygens (including phenoxy) is 1. The Balaban J connectivity index is 1.77. The molecule has 1 aliphatic carbocycles. The molecule has 19 heavy (non-hydrogen) atoms. The second kappa shape index (κ2) is 4.58. The van der Waals surface area contributed by atoms with E-state index in [1.165, 1.54) is 31.4 Å². The van der Waals surface area contributed by atoms with Gasteiger partial charge in [0, 0.05) is 23.6 Å². The van der Waals surface area contributed by atoms with Crippen molar-refractivity contribution in [1.29, 1.82) is 0 Å². The Morgan fingerprint density at radius 1 is 1.42 bits per heavy atom. The first kappa shape index (κ1) is 12.6. The lowest BCUT2D eigenvalue weighted by Gasteiger charge is -2.42. The van der Waals surface area contributed by atoms with Gasteiger partial charge in [0.1, 0.15) is 6.23 Å². The highest BCUT2D eigenvalue weighted by molar-refractivity contribution is 5.34. The molecule has 3 rings (SSSR count). The monoisotopic (exact) mass is 262 g/mol. The largest absolute Gasteiger partial charge is 0.359 e. The molecule has 1 aromatic rings. The van der Waals surface area contributed by atoms with Crippen molar-refractivity contribution in [3.05, 3.63) is 39.9 Å². The smallest absolute Gasteiger partial charge is 0.269 e. The first-order valence-corrected chi connectivity index (χ1v) is 6.72. The average molecular weight is 262 g/mol. The molecule has 5 nitrogen and oxygen atoms in total. The van der Waals surface area contributed by atoms with Crippen LogP contribution in [0, 0.1) is 16.0 Å². The molecule has 2 fully saturated rings. The van der Waals surface area contributed by atoms with E-state index in [0.29, 0.717) is 5.92 Å². The molecule has 2 aliphatic rings. The van der Waals surface area contributed by atoms with Gasteiger partial charge in [0.2, 0.25) is 0 Å². The predicted octanol–water partition coefficient (Wildman–Crippen LogP) is 2.77. The van der Waals surface area contributed by atoms with Gasteiger partial charge in [-0.05, 0) is 37.5 Å². The number of nitrogens with zero attached hydrogens (tertiary/aromatic N) is 1. The number of non-ortho nitro benzene ring substituents is 1. The standard InChI is InChI=1S/C14H18N2O3/c1-14-8-2-3-11(14)9-19-13(15-14)10-4-6-12(7-5-10)16(17)18/h4-7,11,13,15H,2-3,8-9H2,1H3/t11-,13?,14-/m0/s1. The van der Waals surface area contributed by atoms with Crippen LogP contribution in [0.15, 0.2) is 24.3 Å². The highest BCUT2D eigenvalue weighted by Gasteiger charge is 2.43. The van der Waals surface area contributed by atoms with Gasteiger partial charge in [-0.2, -0.15) is 0 Å². The van der Waals surface area contributed by atoms with Gasteiger partial charge >= 0.3 is 0 Å². The Bertz CT molecular complexity index is 488. The molecule has 1 unspecified atom stereocenters. The summed E-state index contributed by atoms with van der Waals surface area (Å²) in [6.45, 7) is 3.02. The summed E-state index contributed by atoms with van der Waals surface area (Å²) in [6.07, 6.45) is 3.48. The third-order valence-electron chi connectivity index (χ3n) is 4.48. The van der Waals surface area contributed by atoms with Crippen LogP contribution in [0.1, 0.15) is 38.0 Å². The molecule has 0 radical (unpaired) electrons. The average Bonchev–Trinajstić information content (AvgIpc) is 2.79. The number of benzene rings is 1. The molecule has 0 amide bonds. The summed E-state index contributed by atoms with van der Waals surface area (Å²) in [5, 5.41) is 14.2. The summed E-state index contributed by atoms with van der Waals surface area (Å²) < 4.78 is 5.86. The Hall–Kier alpha value is -1.46.